The zero-order valence-corrected chi connectivity index (χ0v) is 22.2. The van der Waals surface area contributed by atoms with E-state index in [1.54, 1.807) is 36.4 Å². The summed E-state index contributed by atoms with van der Waals surface area (Å²) in [7, 11) is 0. The predicted octanol–water partition coefficient (Wildman–Crippen LogP) is 5.38. The monoisotopic (exact) mass is 542 g/mol. The van der Waals surface area contributed by atoms with E-state index < -0.39 is 24.5 Å². The Hall–Kier alpha value is -4.69. The Bertz CT molecular complexity index is 1440. The highest BCUT2D eigenvalue weighted by molar-refractivity contribution is 5.93. The van der Waals surface area contributed by atoms with Crippen molar-refractivity contribution in [3.05, 3.63) is 102 Å². The minimum atomic E-state index is -0.601. The molecule has 1 aliphatic rings. The first-order valence-electron chi connectivity index (χ1n) is 12.8. The number of aliphatic hydroxyl groups excluding tert-OH is 1. The topological polar surface area (TPSA) is 108 Å². The van der Waals surface area contributed by atoms with Gasteiger partial charge < -0.3 is 24.1 Å². The molecule has 0 spiro atoms. The Kier molecular flexibility index (Phi) is 9.14. The summed E-state index contributed by atoms with van der Waals surface area (Å²) in [5, 5.41) is 8.84. The summed E-state index contributed by atoms with van der Waals surface area (Å²) in [5.74, 6) is -0.138. The van der Waals surface area contributed by atoms with E-state index >= 15 is 0 Å². The lowest BCUT2D eigenvalue weighted by molar-refractivity contribution is -0.139. The highest BCUT2D eigenvalue weighted by Crippen LogP contribution is 2.46. The van der Waals surface area contributed by atoms with Crippen LogP contribution in [-0.4, -0.2) is 42.8 Å². The van der Waals surface area contributed by atoms with Crippen molar-refractivity contribution in [3.8, 4) is 28.4 Å². The zero-order chi connectivity index (χ0) is 28.6. The highest BCUT2D eigenvalue weighted by atomic mass is 16.5. The molecule has 0 saturated heterocycles. The molecule has 3 aromatic rings. The number of fused-ring (bicyclic) bond motifs is 3. The Morgan fingerprint density at radius 2 is 1.48 bits per heavy atom. The Morgan fingerprint density at radius 3 is 2.17 bits per heavy atom. The van der Waals surface area contributed by atoms with E-state index in [2.05, 4.69) is 13.2 Å². The van der Waals surface area contributed by atoms with Crippen molar-refractivity contribution in [2.45, 2.75) is 25.7 Å². The van der Waals surface area contributed by atoms with Crippen molar-refractivity contribution in [2.75, 3.05) is 19.8 Å². The van der Waals surface area contributed by atoms with Crippen LogP contribution in [0.15, 0.2) is 85.5 Å². The van der Waals surface area contributed by atoms with Gasteiger partial charge in [0.25, 0.3) is 0 Å². The lowest BCUT2D eigenvalue weighted by Gasteiger charge is -2.10. The molecule has 1 unspecified atom stereocenters. The van der Waals surface area contributed by atoms with E-state index in [0.29, 0.717) is 42.3 Å². The number of hydrogen-bond donors (Lipinski definition) is 1. The Labute approximate surface area is 232 Å². The fraction of sp³-hybridized carbons (Fsp3) is 0.219. The summed E-state index contributed by atoms with van der Waals surface area (Å²) >= 11 is 0. The standard InChI is InChI=1S/C32H30O8/c1-4-30(34)39-25-12-14-27-26-13-7-22(17-28(26)21(3)29(27)18-25)32(36)40-24-10-8-23(9-11-24)37-15-5-6-16-38-31(35)20(2)19-33/h4,7-14,17-18,21,33H,1-2,5-6,15-16,19H2,3H3. The first-order valence-corrected chi connectivity index (χ1v) is 12.8. The first kappa shape index (κ1) is 28.3. The third-order valence-corrected chi connectivity index (χ3v) is 6.47. The predicted molar refractivity (Wildman–Crippen MR) is 149 cm³/mol. The molecular weight excluding hydrogens is 512 g/mol. The van der Waals surface area contributed by atoms with Crippen molar-refractivity contribution in [2.24, 2.45) is 0 Å². The number of aliphatic hydroxyl groups is 1. The van der Waals surface area contributed by atoms with Gasteiger partial charge in [0.15, 0.2) is 0 Å². The second-order valence-corrected chi connectivity index (χ2v) is 9.21. The van der Waals surface area contributed by atoms with E-state index in [0.717, 1.165) is 28.3 Å². The number of hydrogen-bond acceptors (Lipinski definition) is 8. The molecule has 40 heavy (non-hydrogen) atoms. The largest absolute Gasteiger partial charge is 0.494 e. The molecule has 0 fully saturated rings. The van der Waals surface area contributed by atoms with Crippen LogP contribution < -0.4 is 14.2 Å². The van der Waals surface area contributed by atoms with Gasteiger partial charge in [-0.15, -0.1) is 0 Å². The van der Waals surface area contributed by atoms with Crippen LogP contribution in [0.25, 0.3) is 11.1 Å². The molecule has 0 saturated carbocycles. The van der Waals surface area contributed by atoms with Gasteiger partial charge in [-0.25, -0.2) is 14.4 Å². The van der Waals surface area contributed by atoms with Crippen LogP contribution in [0.2, 0.25) is 0 Å². The molecule has 1 atom stereocenters. The maximum atomic E-state index is 12.9. The van der Waals surface area contributed by atoms with Crippen LogP contribution in [0.5, 0.6) is 17.2 Å². The minimum absolute atomic E-state index is 0.00335. The molecule has 8 nitrogen and oxygen atoms in total. The van der Waals surface area contributed by atoms with E-state index in [1.807, 2.05) is 31.2 Å². The van der Waals surface area contributed by atoms with Gasteiger partial charge in [-0.3, -0.25) is 0 Å². The van der Waals surface area contributed by atoms with E-state index in [4.69, 9.17) is 24.1 Å². The second-order valence-electron chi connectivity index (χ2n) is 9.21. The van der Waals surface area contributed by atoms with Gasteiger partial charge in [-0.1, -0.05) is 32.2 Å². The number of rotatable bonds is 12. The van der Waals surface area contributed by atoms with Crippen molar-refractivity contribution >= 4 is 17.9 Å². The maximum Gasteiger partial charge on any atom is 0.343 e. The fourth-order valence-electron chi connectivity index (χ4n) is 4.32. The molecule has 0 aromatic heterocycles. The summed E-state index contributed by atoms with van der Waals surface area (Å²) in [4.78, 5) is 35.9. The lowest BCUT2D eigenvalue weighted by atomic mass is 9.98. The van der Waals surface area contributed by atoms with Gasteiger partial charge in [-0.2, -0.15) is 0 Å². The molecule has 1 aliphatic carbocycles. The van der Waals surface area contributed by atoms with Crippen molar-refractivity contribution < 1.29 is 38.4 Å². The SMILES string of the molecule is C=CC(=O)Oc1ccc2c(c1)C(C)c1cc(C(=O)Oc3ccc(OCCCCOC(=O)C(=C)CO)cc3)ccc1-2. The number of carbonyl (C=O) groups is 3. The fourth-order valence-corrected chi connectivity index (χ4v) is 4.32. The first-order chi connectivity index (χ1) is 19.3. The zero-order valence-electron chi connectivity index (χ0n) is 22.2. The number of carbonyl (C=O) groups excluding carboxylic acids is 3. The summed E-state index contributed by atoms with van der Waals surface area (Å²) in [5.41, 5.74) is 4.52. The summed E-state index contributed by atoms with van der Waals surface area (Å²) in [6.07, 6.45) is 2.39. The summed E-state index contributed by atoms with van der Waals surface area (Å²) in [6.45, 7) is 9.09. The van der Waals surface area contributed by atoms with Crippen molar-refractivity contribution in [1.82, 2.24) is 0 Å². The normalized spacial score (nSPS) is 13.0. The van der Waals surface area contributed by atoms with Gasteiger partial charge in [0.2, 0.25) is 0 Å². The van der Waals surface area contributed by atoms with Gasteiger partial charge in [0, 0.05) is 12.0 Å². The molecule has 0 amide bonds. The van der Waals surface area contributed by atoms with E-state index in [-0.39, 0.29) is 18.1 Å². The van der Waals surface area contributed by atoms with Crippen LogP contribution in [-0.2, 0) is 14.3 Å². The highest BCUT2D eigenvalue weighted by Gasteiger charge is 2.27. The van der Waals surface area contributed by atoms with Gasteiger partial charge >= 0.3 is 17.9 Å². The third kappa shape index (κ3) is 6.65. The molecule has 1 N–H and O–H groups in total. The van der Waals surface area contributed by atoms with Gasteiger partial charge in [-0.05, 0) is 83.6 Å². The van der Waals surface area contributed by atoms with Crippen LogP contribution in [0.3, 0.4) is 0 Å². The molecule has 8 heteroatoms. The van der Waals surface area contributed by atoms with Gasteiger partial charge in [0.1, 0.15) is 17.2 Å². The van der Waals surface area contributed by atoms with E-state index in [9.17, 15) is 14.4 Å². The lowest BCUT2D eigenvalue weighted by Crippen LogP contribution is -2.11. The average Bonchev–Trinajstić information content (AvgIpc) is 3.25. The molecule has 4 rings (SSSR count). The van der Waals surface area contributed by atoms with Crippen molar-refractivity contribution in [1.29, 1.82) is 0 Å². The second kappa shape index (κ2) is 12.9. The van der Waals surface area contributed by atoms with Crippen molar-refractivity contribution in [3.63, 3.8) is 0 Å². The quantitative estimate of drug-likeness (QED) is 0.141. The van der Waals surface area contributed by atoms with Crippen LogP contribution in [0.1, 0.15) is 47.2 Å². The molecule has 3 aromatic carbocycles. The third-order valence-electron chi connectivity index (χ3n) is 6.47. The molecule has 0 bridgehead atoms. The average molecular weight is 543 g/mol. The molecule has 0 aliphatic heterocycles. The number of benzene rings is 3. The number of esters is 3. The Balaban J connectivity index is 1.29. The Morgan fingerprint density at radius 1 is 0.850 bits per heavy atom. The number of unbranched alkanes of at least 4 members (excludes halogenated alkanes) is 1. The molecule has 0 radical (unpaired) electrons. The van der Waals surface area contributed by atoms with Crippen LogP contribution >= 0.6 is 0 Å². The van der Waals surface area contributed by atoms with Crippen LogP contribution in [0.4, 0.5) is 0 Å². The van der Waals surface area contributed by atoms with Crippen LogP contribution in [0, 0.1) is 0 Å². The maximum absolute atomic E-state index is 12.9. The number of ether oxygens (including phenoxy) is 4. The minimum Gasteiger partial charge on any atom is -0.494 e. The molecule has 206 valence electrons. The molecule has 0 heterocycles. The smallest absolute Gasteiger partial charge is 0.343 e. The molecular formula is C32H30O8. The van der Waals surface area contributed by atoms with E-state index in [1.165, 1.54) is 0 Å². The van der Waals surface area contributed by atoms with Gasteiger partial charge in [0.05, 0.1) is 31.0 Å². The summed E-state index contributed by atoms with van der Waals surface area (Å²) in [6, 6.07) is 17.7. The summed E-state index contributed by atoms with van der Waals surface area (Å²) < 4.78 is 21.5.